The van der Waals surface area contributed by atoms with Crippen LogP contribution in [-0.2, 0) is 6.42 Å². The number of hydrogen-bond donors (Lipinski definition) is 1. The minimum Gasteiger partial charge on any atom is -0.310 e. The van der Waals surface area contributed by atoms with Gasteiger partial charge in [0.1, 0.15) is 0 Å². The van der Waals surface area contributed by atoms with Gasteiger partial charge in [0.15, 0.2) is 0 Å². The fourth-order valence-corrected chi connectivity index (χ4v) is 3.67. The number of thiophene rings is 1. The highest BCUT2D eigenvalue weighted by Gasteiger charge is 2.13. The predicted molar refractivity (Wildman–Crippen MR) is 92.8 cm³/mol. The Morgan fingerprint density at radius 3 is 2.74 bits per heavy atom. The number of nitrogens with one attached hydrogen (secondary N) is 1. The van der Waals surface area contributed by atoms with E-state index < -0.39 is 0 Å². The van der Waals surface area contributed by atoms with Crippen molar-refractivity contribution in [2.24, 2.45) is 0 Å². The monoisotopic (exact) mass is 385 g/mol. The van der Waals surface area contributed by atoms with Crippen LogP contribution in [0.3, 0.4) is 0 Å². The van der Waals surface area contributed by atoms with E-state index in [1.54, 1.807) is 0 Å². The maximum Gasteiger partial charge on any atom is 0.0334 e. The molecule has 1 aromatic carbocycles. The van der Waals surface area contributed by atoms with Crippen molar-refractivity contribution in [3.63, 3.8) is 0 Å². The molecule has 0 aliphatic heterocycles. The molecule has 0 aliphatic carbocycles. The Bertz CT molecular complexity index is 481. The predicted octanol–water partition coefficient (Wildman–Crippen LogP) is 5.03. The molecule has 0 amide bonds. The van der Waals surface area contributed by atoms with Gasteiger partial charge in [-0.25, -0.2) is 0 Å². The van der Waals surface area contributed by atoms with Gasteiger partial charge < -0.3 is 5.32 Å². The molecule has 0 radical (unpaired) electrons. The van der Waals surface area contributed by atoms with Gasteiger partial charge in [0.05, 0.1) is 0 Å². The SMILES string of the molecule is CCCNC(CCc1cccs1)c1ccccc1I. The van der Waals surface area contributed by atoms with E-state index in [-0.39, 0.29) is 0 Å². The quantitative estimate of drug-likeness (QED) is 0.660. The summed E-state index contributed by atoms with van der Waals surface area (Å²) in [6, 6.07) is 13.5. The Morgan fingerprint density at radius 1 is 1.21 bits per heavy atom. The molecule has 1 N–H and O–H groups in total. The summed E-state index contributed by atoms with van der Waals surface area (Å²) >= 11 is 4.30. The average molecular weight is 385 g/mol. The topological polar surface area (TPSA) is 12.0 Å². The lowest BCUT2D eigenvalue weighted by Crippen LogP contribution is -2.23. The van der Waals surface area contributed by atoms with Crippen LogP contribution >= 0.6 is 33.9 Å². The minimum absolute atomic E-state index is 0.468. The molecule has 1 unspecified atom stereocenters. The highest BCUT2D eigenvalue weighted by atomic mass is 127. The van der Waals surface area contributed by atoms with Gasteiger partial charge in [-0.1, -0.05) is 31.2 Å². The molecule has 0 saturated carbocycles. The fraction of sp³-hybridized carbons (Fsp3) is 0.375. The summed E-state index contributed by atoms with van der Waals surface area (Å²) < 4.78 is 1.36. The second-order valence-electron chi connectivity index (χ2n) is 4.65. The van der Waals surface area contributed by atoms with Crippen LogP contribution in [0.2, 0.25) is 0 Å². The Morgan fingerprint density at radius 2 is 2.05 bits per heavy atom. The summed E-state index contributed by atoms with van der Waals surface area (Å²) in [4.78, 5) is 1.48. The van der Waals surface area contributed by atoms with E-state index in [1.165, 1.54) is 26.9 Å². The standard InChI is InChI=1S/C16H20INS/c1-2-11-18-16(10-9-13-6-5-12-19-13)14-7-3-4-8-15(14)17/h3-8,12,16,18H,2,9-11H2,1H3. The van der Waals surface area contributed by atoms with Gasteiger partial charge in [0.2, 0.25) is 0 Å². The number of benzene rings is 1. The van der Waals surface area contributed by atoms with E-state index in [1.807, 2.05) is 11.3 Å². The van der Waals surface area contributed by atoms with E-state index in [4.69, 9.17) is 0 Å². The zero-order valence-corrected chi connectivity index (χ0v) is 14.2. The molecule has 1 heterocycles. The first kappa shape index (κ1) is 15.0. The summed E-state index contributed by atoms with van der Waals surface area (Å²) in [5, 5.41) is 5.85. The van der Waals surface area contributed by atoms with Crippen molar-refractivity contribution in [2.75, 3.05) is 6.54 Å². The van der Waals surface area contributed by atoms with Crippen LogP contribution in [0, 0.1) is 3.57 Å². The van der Waals surface area contributed by atoms with Gasteiger partial charge in [-0.2, -0.15) is 0 Å². The number of hydrogen-bond acceptors (Lipinski definition) is 2. The van der Waals surface area contributed by atoms with Crippen LogP contribution in [0.1, 0.15) is 36.2 Å². The first-order valence-corrected chi connectivity index (χ1v) is 8.77. The van der Waals surface area contributed by atoms with Crippen LogP contribution in [0.15, 0.2) is 41.8 Å². The Hall–Kier alpha value is -0.390. The van der Waals surface area contributed by atoms with Crippen molar-refractivity contribution in [3.8, 4) is 0 Å². The highest BCUT2D eigenvalue weighted by Crippen LogP contribution is 2.25. The van der Waals surface area contributed by atoms with E-state index in [2.05, 4.69) is 76.6 Å². The van der Waals surface area contributed by atoms with E-state index >= 15 is 0 Å². The van der Waals surface area contributed by atoms with Crippen LogP contribution in [0.5, 0.6) is 0 Å². The molecule has 0 spiro atoms. The first-order valence-electron chi connectivity index (χ1n) is 6.81. The smallest absolute Gasteiger partial charge is 0.0334 e. The lowest BCUT2D eigenvalue weighted by Gasteiger charge is -2.20. The number of aryl methyl sites for hydroxylation is 1. The van der Waals surface area contributed by atoms with Gasteiger partial charge >= 0.3 is 0 Å². The molecule has 2 aromatic rings. The zero-order valence-electron chi connectivity index (χ0n) is 11.2. The second kappa shape index (κ2) is 8.02. The number of halogens is 1. The lowest BCUT2D eigenvalue weighted by atomic mass is 10.0. The lowest BCUT2D eigenvalue weighted by molar-refractivity contribution is 0.499. The molecule has 0 fully saturated rings. The summed E-state index contributed by atoms with van der Waals surface area (Å²) in [6.07, 6.45) is 3.50. The van der Waals surface area contributed by atoms with Crippen molar-refractivity contribution >= 4 is 33.9 Å². The summed E-state index contributed by atoms with van der Waals surface area (Å²) in [5.41, 5.74) is 1.44. The van der Waals surface area contributed by atoms with Gasteiger partial charge in [-0.05, 0) is 71.5 Å². The van der Waals surface area contributed by atoms with Gasteiger partial charge in [-0.15, -0.1) is 11.3 Å². The summed E-state index contributed by atoms with van der Waals surface area (Å²) in [6.45, 7) is 3.30. The third kappa shape index (κ3) is 4.58. The van der Waals surface area contributed by atoms with E-state index in [9.17, 15) is 0 Å². The molecule has 1 nitrogen and oxygen atoms in total. The molecule has 0 bridgehead atoms. The third-order valence-electron chi connectivity index (χ3n) is 3.18. The normalized spacial score (nSPS) is 12.5. The molecule has 1 atom stereocenters. The molecule has 19 heavy (non-hydrogen) atoms. The van der Waals surface area contributed by atoms with E-state index in [0.717, 1.165) is 13.0 Å². The highest BCUT2D eigenvalue weighted by molar-refractivity contribution is 14.1. The molecule has 0 saturated heterocycles. The number of rotatable bonds is 7. The van der Waals surface area contributed by atoms with Gasteiger partial charge in [0, 0.05) is 14.5 Å². The van der Waals surface area contributed by atoms with Crippen LogP contribution in [-0.4, -0.2) is 6.54 Å². The fourth-order valence-electron chi connectivity index (χ4n) is 2.19. The minimum atomic E-state index is 0.468. The largest absolute Gasteiger partial charge is 0.310 e. The molecule has 3 heteroatoms. The first-order chi connectivity index (χ1) is 9.31. The average Bonchev–Trinajstić information content (AvgIpc) is 2.93. The summed E-state index contributed by atoms with van der Waals surface area (Å²) in [7, 11) is 0. The molecule has 2 rings (SSSR count). The third-order valence-corrected chi connectivity index (χ3v) is 5.10. The molecule has 102 valence electrons. The van der Waals surface area contributed by atoms with Crippen LogP contribution in [0.25, 0.3) is 0 Å². The van der Waals surface area contributed by atoms with Crippen molar-refractivity contribution in [1.82, 2.24) is 5.32 Å². The van der Waals surface area contributed by atoms with E-state index in [0.29, 0.717) is 6.04 Å². The molecular weight excluding hydrogens is 365 g/mol. The molecule has 0 aliphatic rings. The van der Waals surface area contributed by atoms with Gasteiger partial charge in [-0.3, -0.25) is 0 Å². The van der Waals surface area contributed by atoms with Crippen molar-refractivity contribution < 1.29 is 0 Å². The Kier molecular flexibility index (Phi) is 6.34. The van der Waals surface area contributed by atoms with Crippen molar-refractivity contribution in [3.05, 3.63) is 55.8 Å². The second-order valence-corrected chi connectivity index (χ2v) is 6.84. The molecule has 1 aromatic heterocycles. The zero-order chi connectivity index (χ0) is 13.5. The van der Waals surface area contributed by atoms with Crippen LogP contribution in [0.4, 0.5) is 0 Å². The van der Waals surface area contributed by atoms with Crippen molar-refractivity contribution in [1.29, 1.82) is 0 Å². The molecular formula is C16H20INS. The maximum absolute atomic E-state index is 3.69. The Balaban J connectivity index is 2.05. The maximum atomic E-state index is 3.69. The van der Waals surface area contributed by atoms with Gasteiger partial charge in [0.25, 0.3) is 0 Å². The van der Waals surface area contributed by atoms with Crippen LogP contribution < -0.4 is 5.32 Å². The summed E-state index contributed by atoms with van der Waals surface area (Å²) in [5.74, 6) is 0. The Labute approximate surface area is 133 Å². The van der Waals surface area contributed by atoms with Crippen molar-refractivity contribution in [2.45, 2.75) is 32.2 Å².